The Bertz CT molecular complexity index is 613. The summed E-state index contributed by atoms with van der Waals surface area (Å²) in [5, 5.41) is 4.02. The van der Waals surface area contributed by atoms with E-state index in [0.29, 0.717) is 22.2 Å². The van der Waals surface area contributed by atoms with Gasteiger partial charge in [-0.15, -0.1) is 0 Å². The Balaban J connectivity index is 2.08. The van der Waals surface area contributed by atoms with Crippen molar-refractivity contribution in [3.8, 4) is 0 Å². The molecule has 0 bridgehead atoms. The molecule has 98 valence electrons. The van der Waals surface area contributed by atoms with Gasteiger partial charge in [-0.05, 0) is 29.8 Å². The van der Waals surface area contributed by atoms with Crippen LogP contribution in [0.3, 0.4) is 0 Å². The fraction of sp³-hybridized carbons (Fsp3) is 0.0714. The number of halogens is 3. The second-order valence-electron chi connectivity index (χ2n) is 3.91. The van der Waals surface area contributed by atoms with Gasteiger partial charge in [0.1, 0.15) is 0 Å². The normalized spacial score (nSPS) is 10.3. The number of benzene rings is 2. The molecule has 1 N–H and O–H groups in total. The highest BCUT2D eigenvalue weighted by molar-refractivity contribution is 6.43. The Labute approximate surface area is 126 Å². The maximum atomic E-state index is 12.0. The molecule has 0 aromatic heterocycles. The summed E-state index contributed by atoms with van der Waals surface area (Å²) in [6.07, 6.45) is 0. The number of rotatable bonds is 3. The first-order chi connectivity index (χ1) is 9.08. The van der Waals surface area contributed by atoms with Crippen LogP contribution in [0.5, 0.6) is 0 Å². The molecule has 19 heavy (non-hydrogen) atoms. The van der Waals surface area contributed by atoms with Crippen LogP contribution in [0.15, 0.2) is 42.5 Å². The predicted octanol–water partition coefficient (Wildman–Crippen LogP) is 4.58. The zero-order chi connectivity index (χ0) is 13.8. The third kappa shape index (κ3) is 3.63. The van der Waals surface area contributed by atoms with E-state index in [1.807, 2.05) is 12.1 Å². The molecule has 0 radical (unpaired) electrons. The lowest BCUT2D eigenvalue weighted by Crippen LogP contribution is -2.23. The minimum absolute atomic E-state index is 0.257. The van der Waals surface area contributed by atoms with Gasteiger partial charge in [-0.3, -0.25) is 4.79 Å². The molecule has 0 heterocycles. The first-order valence-corrected chi connectivity index (χ1v) is 6.68. The first-order valence-electron chi connectivity index (χ1n) is 5.54. The van der Waals surface area contributed by atoms with E-state index in [-0.39, 0.29) is 10.9 Å². The topological polar surface area (TPSA) is 29.1 Å². The molecule has 2 aromatic carbocycles. The Hall–Kier alpha value is -1.22. The zero-order valence-electron chi connectivity index (χ0n) is 9.79. The van der Waals surface area contributed by atoms with Crippen molar-refractivity contribution in [1.82, 2.24) is 5.32 Å². The van der Waals surface area contributed by atoms with Crippen LogP contribution in [0, 0.1) is 0 Å². The average Bonchev–Trinajstić information content (AvgIpc) is 2.39. The number of nitrogens with one attached hydrogen (secondary N) is 1. The molecular formula is C14H10Cl3NO. The maximum absolute atomic E-state index is 12.0. The Morgan fingerprint density at radius 1 is 1.05 bits per heavy atom. The standard InChI is InChI=1S/C14H10Cl3NO/c15-10-4-1-3-9(7-10)8-18-14(19)11-5-2-6-12(16)13(11)17/h1-7H,8H2,(H,18,19). The molecule has 0 aliphatic rings. The fourth-order valence-electron chi connectivity index (χ4n) is 1.60. The quantitative estimate of drug-likeness (QED) is 0.883. The van der Waals surface area contributed by atoms with Gasteiger partial charge in [0.25, 0.3) is 5.91 Å². The predicted molar refractivity (Wildman–Crippen MR) is 79.1 cm³/mol. The van der Waals surface area contributed by atoms with Crippen LogP contribution >= 0.6 is 34.8 Å². The van der Waals surface area contributed by atoms with Crippen molar-refractivity contribution in [2.24, 2.45) is 0 Å². The van der Waals surface area contributed by atoms with Gasteiger partial charge < -0.3 is 5.32 Å². The van der Waals surface area contributed by atoms with E-state index in [0.717, 1.165) is 5.56 Å². The van der Waals surface area contributed by atoms with Crippen molar-refractivity contribution in [3.05, 3.63) is 68.7 Å². The Kier molecular flexibility index (Phi) is 4.70. The summed E-state index contributed by atoms with van der Waals surface area (Å²) in [5.41, 5.74) is 1.27. The van der Waals surface area contributed by atoms with Crippen LogP contribution in [0.1, 0.15) is 15.9 Å². The summed E-state index contributed by atoms with van der Waals surface area (Å²) >= 11 is 17.7. The highest BCUT2D eigenvalue weighted by atomic mass is 35.5. The molecule has 0 saturated heterocycles. The van der Waals surface area contributed by atoms with Crippen LogP contribution in [-0.2, 0) is 6.54 Å². The molecule has 0 aliphatic heterocycles. The second kappa shape index (κ2) is 6.29. The Morgan fingerprint density at radius 3 is 2.53 bits per heavy atom. The minimum Gasteiger partial charge on any atom is -0.348 e. The summed E-state index contributed by atoms with van der Waals surface area (Å²) in [5.74, 6) is -0.271. The zero-order valence-corrected chi connectivity index (χ0v) is 12.1. The van der Waals surface area contributed by atoms with E-state index in [9.17, 15) is 4.79 Å². The molecule has 0 saturated carbocycles. The van der Waals surface area contributed by atoms with Gasteiger partial charge in [-0.2, -0.15) is 0 Å². The number of hydrogen-bond acceptors (Lipinski definition) is 1. The molecule has 0 fully saturated rings. The molecule has 2 nitrogen and oxygen atoms in total. The summed E-state index contributed by atoms with van der Waals surface area (Å²) < 4.78 is 0. The van der Waals surface area contributed by atoms with E-state index in [4.69, 9.17) is 34.8 Å². The van der Waals surface area contributed by atoms with Crippen LogP contribution in [0.2, 0.25) is 15.1 Å². The molecule has 2 rings (SSSR count). The molecule has 0 atom stereocenters. The van der Waals surface area contributed by atoms with E-state index in [2.05, 4.69) is 5.32 Å². The molecule has 0 unspecified atom stereocenters. The lowest BCUT2D eigenvalue weighted by atomic mass is 10.2. The van der Waals surface area contributed by atoms with Crippen molar-refractivity contribution in [2.75, 3.05) is 0 Å². The van der Waals surface area contributed by atoms with E-state index in [1.165, 1.54) is 0 Å². The second-order valence-corrected chi connectivity index (χ2v) is 5.14. The number of carbonyl (C=O) groups excluding carboxylic acids is 1. The molecule has 2 aromatic rings. The number of amides is 1. The smallest absolute Gasteiger partial charge is 0.253 e. The first kappa shape index (κ1) is 14.2. The third-order valence-electron chi connectivity index (χ3n) is 2.54. The lowest BCUT2D eigenvalue weighted by molar-refractivity contribution is 0.0951. The summed E-state index contributed by atoms with van der Waals surface area (Å²) in [7, 11) is 0. The van der Waals surface area contributed by atoms with Crippen molar-refractivity contribution in [3.63, 3.8) is 0 Å². The molecule has 1 amide bonds. The van der Waals surface area contributed by atoms with Crippen molar-refractivity contribution in [1.29, 1.82) is 0 Å². The van der Waals surface area contributed by atoms with Gasteiger partial charge in [0.05, 0.1) is 15.6 Å². The monoisotopic (exact) mass is 313 g/mol. The number of carbonyl (C=O) groups is 1. The SMILES string of the molecule is O=C(NCc1cccc(Cl)c1)c1cccc(Cl)c1Cl. The van der Waals surface area contributed by atoms with Crippen LogP contribution in [0.25, 0.3) is 0 Å². The third-order valence-corrected chi connectivity index (χ3v) is 3.59. The highest BCUT2D eigenvalue weighted by Gasteiger charge is 2.12. The van der Waals surface area contributed by atoms with Crippen LogP contribution < -0.4 is 5.32 Å². The van der Waals surface area contributed by atoms with Crippen LogP contribution in [-0.4, -0.2) is 5.91 Å². The van der Waals surface area contributed by atoms with E-state index in [1.54, 1.807) is 30.3 Å². The van der Waals surface area contributed by atoms with Crippen LogP contribution in [0.4, 0.5) is 0 Å². The largest absolute Gasteiger partial charge is 0.348 e. The summed E-state index contributed by atoms with van der Waals surface area (Å²) in [6, 6.07) is 12.2. The van der Waals surface area contributed by atoms with Gasteiger partial charge in [-0.1, -0.05) is 53.0 Å². The van der Waals surface area contributed by atoms with Crippen molar-refractivity contribution < 1.29 is 4.79 Å². The average molecular weight is 315 g/mol. The molecular weight excluding hydrogens is 305 g/mol. The fourth-order valence-corrected chi connectivity index (χ4v) is 2.20. The van der Waals surface area contributed by atoms with Crippen molar-refractivity contribution >= 4 is 40.7 Å². The summed E-state index contributed by atoms with van der Waals surface area (Å²) in [4.78, 5) is 12.0. The van der Waals surface area contributed by atoms with Gasteiger partial charge in [0.15, 0.2) is 0 Å². The van der Waals surface area contributed by atoms with E-state index >= 15 is 0 Å². The van der Waals surface area contributed by atoms with Gasteiger partial charge in [-0.25, -0.2) is 0 Å². The minimum atomic E-state index is -0.271. The lowest BCUT2D eigenvalue weighted by Gasteiger charge is -2.08. The number of hydrogen-bond donors (Lipinski definition) is 1. The maximum Gasteiger partial charge on any atom is 0.253 e. The summed E-state index contributed by atoms with van der Waals surface area (Å²) in [6.45, 7) is 0.377. The van der Waals surface area contributed by atoms with E-state index < -0.39 is 0 Å². The van der Waals surface area contributed by atoms with Gasteiger partial charge >= 0.3 is 0 Å². The molecule has 5 heteroatoms. The van der Waals surface area contributed by atoms with Gasteiger partial charge in [0, 0.05) is 11.6 Å². The highest BCUT2D eigenvalue weighted by Crippen LogP contribution is 2.25. The van der Waals surface area contributed by atoms with Crippen molar-refractivity contribution in [2.45, 2.75) is 6.54 Å². The van der Waals surface area contributed by atoms with Gasteiger partial charge in [0.2, 0.25) is 0 Å². The molecule has 0 aliphatic carbocycles. The molecule has 0 spiro atoms. The Morgan fingerprint density at radius 2 is 1.79 bits per heavy atom.